The van der Waals surface area contributed by atoms with Crippen LogP contribution in [0, 0.1) is 10.1 Å². The minimum absolute atomic E-state index is 0.0654. The van der Waals surface area contributed by atoms with Crippen LogP contribution in [0.15, 0.2) is 50.8 Å². The molecule has 8 nitrogen and oxygen atoms in total. The summed E-state index contributed by atoms with van der Waals surface area (Å²) >= 11 is 3.37. The minimum atomic E-state index is -0.492. The quantitative estimate of drug-likeness (QED) is 0.308. The standard InChI is InChI=1S/C20H19BrN4O4/c1-4-29-18-8-6-15(25(27)28)9-13(18)11-22-24-19(12(2)3)23-17-7-5-14(21)10-16(17)20(24)26/h5-12H,4H2,1-3H3. The highest BCUT2D eigenvalue weighted by Gasteiger charge is 2.15. The van der Waals surface area contributed by atoms with Gasteiger partial charge >= 0.3 is 0 Å². The minimum Gasteiger partial charge on any atom is -0.493 e. The van der Waals surface area contributed by atoms with Crippen molar-refractivity contribution in [2.45, 2.75) is 26.7 Å². The van der Waals surface area contributed by atoms with Gasteiger partial charge in [0.15, 0.2) is 0 Å². The summed E-state index contributed by atoms with van der Waals surface area (Å²) in [5, 5.41) is 15.9. The van der Waals surface area contributed by atoms with E-state index >= 15 is 0 Å². The van der Waals surface area contributed by atoms with Gasteiger partial charge in [-0.1, -0.05) is 29.8 Å². The summed E-state index contributed by atoms with van der Waals surface area (Å²) < 4.78 is 7.52. The lowest BCUT2D eigenvalue weighted by atomic mass is 10.2. The number of hydrogen-bond donors (Lipinski definition) is 0. The number of nitro benzene ring substituents is 1. The smallest absolute Gasteiger partial charge is 0.282 e. The summed E-state index contributed by atoms with van der Waals surface area (Å²) in [6, 6.07) is 9.53. The molecule has 2 aromatic carbocycles. The van der Waals surface area contributed by atoms with E-state index in [0.717, 1.165) is 4.47 Å². The van der Waals surface area contributed by atoms with Gasteiger partial charge in [0.25, 0.3) is 11.2 Å². The van der Waals surface area contributed by atoms with Crippen LogP contribution < -0.4 is 10.3 Å². The first-order chi connectivity index (χ1) is 13.8. The van der Waals surface area contributed by atoms with Crippen LogP contribution in [-0.4, -0.2) is 27.4 Å². The number of halogens is 1. The molecule has 0 unspecified atom stereocenters. The average Bonchev–Trinajstić information content (AvgIpc) is 2.68. The van der Waals surface area contributed by atoms with E-state index in [1.54, 1.807) is 12.1 Å². The fraction of sp³-hybridized carbons (Fsp3) is 0.250. The Balaban J connectivity index is 2.19. The lowest BCUT2D eigenvalue weighted by Crippen LogP contribution is -2.23. The van der Waals surface area contributed by atoms with Crippen molar-refractivity contribution in [3.8, 4) is 5.75 Å². The molecule has 1 aromatic heterocycles. The van der Waals surface area contributed by atoms with Gasteiger partial charge in [0.2, 0.25) is 0 Å². The Kier molecular flexibility index (Phi) is 6.07. The van der Waals surface area contributed by atoms with Crippen LogP contribution in [0.25, 0.3) is 10.9 Å². The number of ether oxygens (including phenoxy) is 1. The zero-order valence-electron chi connectivity index (χ0n) is 16.1. The topological polar surface area (TPSA) is 99.6 Å². The third-order valence-corrected chi connectivity index (χ3v) is 4.66. The van der Waals surface area contributed by atoms with Crippen LogP contribution in [0.5, 0.6) is 5.75 Å². The molecule has 29 heavy (non-hydrogen) atoms. The maximum atomic E-state index is 13.1. The zero-order valence-corrected chi connectivity index (χ0v) is 17.7. The van der Waals surface area contributed by atoms with Gasteiger partial charge in [-0.3, -0.25) is 14.9 Å². The highest BCUT2D eigenvalue weighted by molar-refractivity contribution is 9.10. The van der Waals surface area contributed by atoms with E-state index in [9.17, 15) is 14.9 Å². The molecule has 150 valence electrons. The molecule has 0 amide bonds. The number of non-ortho nitro benzene ring substituents is 1. The van der Waals surface area contributed by atoms with Crippen molar-refractivity contribution in [2.75, 3.05) is 6.61 Å². The van der Waals surface area contributed by atoms with Crippen molar-refractivity contribution in [1.29, 1.82) is 0 Å². The summed E-state index contributed by atoms with van der Waals surface area (Å²) in [4.78, 5) is 28.3. The molecule has 0 radical (unpaired) electrons. The Labute approximate surface area is 175 Å². The van der Waals surface area contributed by atoms with Gasteiger partial charge in [-0.25, -0.2) is 4.98 Å². The van der Waals surface area contributed by atoms with Crippen molar-refractivity contribution in [1.82, 2.24) is 9.66 Å². The van der Waals surface area contributed by atoms with Crippen LogP contribution in [0.3, 0.4) is 0 Å². The molecule has 0 atom stereocenters. The third-order valence-electron chi connectivity index (χ3n) is 4.17. The number of rotatable bonds is 6. The molecule has 0 saturated heterocycles. The van der Waals surface area contributed by atoms with Gasteiger partial charge in [0.1, 0.15) is 11.6 Å². The molecule has 0 saturated carbocycles. The third kappa shape index (κ3) is 4.34. The van der Waals surface area contributed by atoms with Gasteiger partial charge < -0.3 is 4.74 Å². The predicted molar refractivity (Wildman–Crippen MR) is 115 cm³/mol. The second kappa shape index (κ2) is 8.52. The summed E-state index contributed by atoms with van der Waals surface area (Å²) in [7, 11) is 0. The molecular formula is C20H19BrN4O4. The Morgan fingerprint density at radius 3 is 2.72 bits per heavy atom. The van der Waals surface area contributed by atoms with Gasteiger partial charge in [0, 0.05) is 28.1 Å². The van der Waals surface area contributed by atoms with Gasteiger partial charge in [-0.2, -0.15) is 9.78 Å². The average molecular weight is 459 g/mol. The number of hydrogen-bond acceptors (Lipinski definition) is 6. The molecule has 0 bridgehead atoms. The van der Waals surface area contributed by atoms with E-state index in [1.165, 1.54) is 29.1 Å². The first kappa shape index (κ1) is 20.7. The van der Waals surface area contributed by atoms with Crippen molar-refractivity contribution in [3.05, 3.63) is 72.7 Å². The normalized spacial score (nSPS) is 11.5. The molecule has 0 aliphatic rings. The molecule has 0 fully saturated rings. The molecule has 1 heterocycles. The van der Waals surface area contributed by atoms with Gasteiger partial charge in [-0.05, 0) is 31.2 Å². The highest BCUT2D eigenvalue weighted by Crippen LogP contribution is 2.23. The van der Waals surface area contributed by atoms with E-state index in [2.05, 4.69) is 26.0 Å². The Morgan fingerprint density at radius 1 is 1.31 bits per heavy atom. The molecule has 0 spiro atoms. The van der Waals surface area contributed by atoms with E-state index in [4.69, 9.17) is 4.74 Å². The van der Waals surface area contributed by atoms with Gasteiger partial charge in [0.05, 0.1) is 28.6 Å². The van der Waals surface area contributed by atoms with Crippen LogP contribution in [-0.2, 0) is 0 Å². The Bertz CT molecular complexity index is 1170. The fourth-order valence-corrected chi connectivity index (χ4v) is 3.17. The van der Waals surface area contributed by atoms with E-state index in [-0.39, 0.29) is 17.2 Å². The van der Waals surface area contributed by atoms with Crippen LogP contribution in [0.1, 0.15) is 38.1 Å². The summed E-state index contributed by atoms with van der Waals surface area (Å²) in [6.45, 7) is 6.03. The van der Waals surface area contributed by atoms with E-state index < -0.39 is 4.92 Å². The number of fused-ring (bicyclic) bond motifs is 1. The van der Waals surface area contributed by atoms with E-state index in [1.807, 2.05) is 26.8 Å². The summed E-state index contributed by atoms with van der Waals surface area (Å²) in [5.41, 5.74) is 0.572. The second-order valence-electron chi connectivity index (χ2n) is 6.56. The lowest BCUT2D eigenvalue weighted by molar-refractivity contribution is -0.384. The maximum absolute atomic E-state index is 13.1. The monoisotopic (exact) mass is 458 g/mol. The fourth-order valence-electron chi connectivity index (χ4n) is 2.81. The first-order valence-electron chi connectivity index (χ1n) is 8.99. The predicted octanol–water partition coefficient (Wildman–Crippen LogP) is 4.47. The molecule has 0 N–H and O–H groups in total. The maximum Gasteiger partial charge on any atom is 0.282 e. The van der Waals surface area contributed by atoms with E-state index in [0.29, 0.717) is 34.6 Å². The van der Waals surface area contributed by atoms with Crippen LogP contribution in [0.2, 0.25) is 0 Å². The summed E-state index contributed by atoms with van der Waals surface area (Å²) in [6.07, 6.45) is 1.39. The van der Waals surface area contributed by atoms with Crippen LogP contribution >= 0.6 is 15.9 Å². The van der Waals surface area contributed by atoms with Crippen molar-refractivity contribution < 1.29 is 9.66 Å². The first-order valence-corrected chi connectivity index (χ1v) is 9.79. The molecule has 3 rings (SSSR count). The Morgan fingerprint density at radius 2 is 2.07 bits per heavy atom. The number of benzene rings is 2. The molecule has 0 aliphatic carbocycles. The number of nitrogens with zero attached hydrogens (tertiary/aromatic N) is 4. The molecular weight excluding hydrogens is 440 g/mol. The molecule has 9 heteroatoms. The van der Waals surface area contributed by atoms with Crippen molar-refractivity contribution >= 4 is 38.7 Å². The lowest BCUT2D eigenvalue weighted by Gasteiger charge is -2.12. The second-order valence-corrected chi connectivity index (χ2v) is 7.48. The summed E-state index contributed by atoms with van der Waals surface area (Å²) in [5.74, 6) is 0.867. The largest absolute Gasteiger partial charge is 0.493 e. The molecule has 3 aromatic rings. The zero-order chi connectivity index (χ0) is 21.1. The van der Waals surface area contributed by atoms with Crippen LogP contribution in [0.4, 0.5) is 5.69 Å². The highest BCUT2D eigenvalue weighted by atomic mass is 79.9. The van der Waals surface area contributed by atoms with Crippen molar-refractivity contribution in [3.63, 3.8) is 0 Å². The number of nitro groups is 1. The van der Waals surface area contributed by atoms with Crippen molar-refractivity contribution in [2.24, 2.45) is 5.10 Å². The SMILES string of the molecule is CCOc1ccc([N+](=O)[O-])cc1C=Nn1c(C(C)C)nc2ccc(Br)cc2c1=O. The number of aromatic nitrogens is 2. The Hall–Kier alpha value is -3.07. The molecule has 0 aliphatic heterocycles. The van der Waals surface area contributed by atoms with Gasteiger partial charge in [-0.15, -0.1) is 0 Å².